The van der Waals surface area contributed by atoms with E-state index in [0.717, 1.165) is 6.54 Å². The number of hydrogen-bond acceptors (Lipinski definition) is 2. The molecule has 94 valence electrons. The van der Waals surface area contributed by atoms with E-state index in [9.17, 15) is 4.79 Å². The Kier molecular flexibility index (Phi) is 6.34. The average Bonchev–Trinajstić information content (AvgIpc) is 2.17. The van der Waals surface area contributed by atoms with Crippen LogP contribution in [0, 0.1) is 0 Å². The zero-order valence-corrected chi connectivity index (χ0v) is 11.4. The average molecular weight is 228 g/mol. The molecule has 0 rings (SSSR count). The number of quaternary nitrogens is 1. The van der Waals surface area contributed by atoms with E-state index in [0.29, 0.717) is 10.1 Å². The van der Waals surface area contributed by atoms with Crippen LogP contribution in [0.3, 0.4) is 0 Å². The van der Waals surface area contributed by atoms with E-state index in [1.165, 1.54) is 19.3 Å². The number of unbranched alkanes of at least 4 members (excludes halogenated alkanes) is 2. The molecule has 0 bridgehead atoms. The van der Waals surface area contributed by atoms with Gasteiger partial charge in [-0.2, -0.15) is 0 Å². The van der Waals surface area contributed by atoms with Gasteiger partial charge in [-0.15, -0.1) is 0 Å². The molecule has 3 nitrogen and oxygen atoms in total. The molecular weight excluding hydrogens is 202 g/mol. The van der Waals surface area contributed by atoms with Crippen LogP contribution in [-0.2, 0) is 9.53 Å². The smallest absolute Gasteiger partial charge is 0.337 e. The fourth-order valence-corrected chi connectivity index (χ4v) is 1.35. The fourth-order valence-electron chi connectivity index (χ4n) is 1.35. The first-order chi connectivity index (χ1) is 7.31. The molecule has 0 spiro atoms. The van der Waals surface area contributed by atoms with Gasteiger partial charge in [-0.3, -0.25) is 4.48 Å². The Morgan fingerprint density at radius 2 is 1.94 bits per heavy atom. The minimum atomic E-state index is -0.297. The molecule has 0 aliphatic carbocycles. The standard InChI is InChI=1S/C13H26NO2/c1-7-8-9-10-14(5,6)12(4)16-13(15)11(2)3/h12H,2,7-10H2,1,3-6H3/q+1. The number of esters is 1. The largest absolute Gasteiger partial charge is 0.409 e. The third-order valence-corrected chi connectivity index (χ3v) is 2.95. The van der Waals surface area contributed by atoms with Crippen molar-refractivity contribution in [3.63, 3.8) is 0 Å². The molecule has 0 aliphatic rings. The summed E-state index contributed by atoms with van der Waals surface area (Å²) in [6.45, 7) is 10.4. The highest BCUT2D eigenvalue weighted by Gasteiger charge is 2.26. The Balaban J connectivity index is 4.17. The molecule has 0 saturated carbocycles. The van der Waals surface area contributed by atoms with Crippen LogP contribution in [-0.4, -0.2) is 37.3 Å². The van der Waals surface area contributed by atoms with Gasteiger partial charge in [0.2, 0.25) is 6.23 Å². The number of carbonyl (C=O) groups excluding carboxylic acids is 1. The van der Waals surface area contributed by atoms with Gasteiger partial charge in [0, 0.05) is 12.5 Å². The summed E-state index contributed by atoms with van der Waals surface area (Å²) < 4.78 is 6.05. The van der Waals surface area contributed by atoms with Crippen molar-refractivity contribution in [3.05, 3.63) is 12.2 Å². The maximum atomic E-state index is 11.4. The summed E-state index contributed by atoms with van der Waals surface area (Å²) in [7, 11) is 4.18. The first-order valence-corrected chi connectivity index (χ1v) is 6.00. The Hall–Kier alpha value is -0.830. The molecule has 0 radical (unpaired) electrons. The third kappa shape index (κ3) is 5.31. The maximum Gasteiger partial charge on any atom is 0.337 e. The van der Waals surface area contributed by atoms with Crippen LogP contribution in [0.15, 0.2) is 12.2 Å². The minimum absolute atomic E-state index is 0.124. The predicted molar refractivity (Wildman–Crippen MR) is 66.9 cm³/mol. The van der Waals surface area contributed by atoms with E-state index in [1.54, 1.807) is 6.92 Å². The van der Waals surface area contributed by atoms with Crippen molar-refractivity contribution in [1.29, 1.82) is 0 Å². The number of nitrogens with zero attached hydrogens (tertiary/aromatic N) is 1. The highest BCUT2D eigenvalue weighted by Crippen LogP contribution is 2.12. The van der Waals surface area contributed by atoms with E-state index in [-0.39, 0.29) is 12.2 Å². The van der Waals surface area contributed by atoms with Crippen LogP contribution in [0.1, 0.15) is 40.0 Å². The highest BCUT2D eigenvalue weighted by atomic mass is 16.6. The van der Waals surface area contributed by atoms with Gasteiger partial charge in [-0.1, -0.05) is 19.9 Å². The molecule has 0 heterocycles. The fraction of sp³-hybridized carbons (Fsp3) is 0.769. The molecule has 1 unspecified atom stereocenters. The predicted octanol–water partition coefficient (Wildman–Crippen LogP) is 2.72. The molecule has 0 aromatic rings. The Bertz CT molecular complexity index is 246. The third-order valence-electron chi connectivity index (χ3n) is 2.95. The topological polar surface area (TPSA) is 26.3 Å². The van der Waals surface area contributed by atoms with Gasteiger partial charge in [0.25, 0.3) is 0 Å². The van der Waals surface area contributed by atoms with Gasteiger partial charge in [-0.05, 0) is 19.8 Å². The van der Waals surface area contributed by atoms with Gasteiger partial charge >= 0.3 is 5.97 Å². The maximum absolute atomic E-state index is 11.4. The zero-order chi connectivity index (χ0) is 12.8. The van der Waals surface area contributed by atoms with Crippen molar-refractivity contribution in [2.24, 2.45) is 0 Å². The number of ether oxygens (including phenoxy) is 1. The summed E-state index contributed by atoms with van der Waals surface area (Å²) in [5.41, 5.74) is 0.459. The van der Waals surface area contributed by atoms with Crippen LogP contribution in [0.4, 0.5) is 0 Å². The van der Waals surface area contributed by atoms with Crippen LogP contribution in [0.25, 0.3) is 0 Å². The Morgan fingerprint density at radius 3 is 2.38 bits per heavy atom. The lowest BCUT2D eigenvalue weighted by Crippen LogP contribution is -2.50. The van der Waals surface area contributed by atoms with Crippen molar-refractivity contribution in [3.8, 4) is 0 Å². The highest BCUT2D eigenvalue weighted by molar-refractivity contribution is 5.86. The molecular formula is C13H26NO2+. The van der Waals surface area contributed by atoms with Crippen LogP contribution < -0.4 is 0 Å². The van der Waals surface area contributed by atoms with E-state index in [2.05, 4.69) is 27.6 Å². The van der Waals surface area contributed by atoms with Gasteiger partial charge in [0.1, 0.15) is 0 Å². The molecule has 0 amide bonds. The van der Waals surface area contributed by atoms with Crippen LogP contribution in [0.2, 0.25) is 0 Å². The second kappa shape index (κ2) is 6.69. The molecule has 3 heteroatoms. The van der Waals surface area contributed by atoms with E-state index >= 15 is 0 Å². The summed E-state index contributed by atoms with van der Waals surface area (Å²) in [5.74, 6) is -0.297. The SMILES string of the molecule is C=C(C)C(=O)OC(C)[N+](C)(C)CCCCC. The van der Waals surface area contributed by atoms with Crippen molar-refractivity contribution in [2.45, 2.75) is 46.3 Å². The van der Waals surface area contributed by atoms with Crippen molar-refractivity contribution >= 4 is 5.97 Å². The number of hydrogen-bond donors (Lipinski definition) is 0. The zero-order valence-electron chi connectivity index (χ0n) is 11.4. The molecule has 0 N–H and O–H groups in total. The summed E-state index contributed by atoms with van der Waals surface area (Å²) in [6, 6.07) is 0. The van der Waals surface area contributed by atoms with Crippen LogP contribution in [0.5, 0.6) is 0 Å². The van der Waals surface area contributed by atoms with Crippen LogP contribution >= 0.6 is 0 Å². The van der Waals surface area contributed by atoms with Crippen molar-refractivity contribution in [2.75, 3.05) is 20.6 Å². The molecule has 0 aliphatic heterocycles. The molecule has 0 aromatic carbocycles. The first kappa shape index (κ1) is 15.2. The van der Waals surface area contributed by atoms with Gasteiger partial charge < -0.3 is 4.74 Å². The summed E-state index contributed by atoms with van der Waals surface area (Å²) in [5, 5.41) is 0. The Morgan fingerprint density at radius 1 is 1.38 bits per heavy atom. The van der Waals surface area contributed by atoms with Gasteiger partial charge in [-0.25, -0.2) is 4.79 Å². The first-order valence-electron chi connectivity index (χ1n) is 6.00. The summed E-state index contributed by atoms with van der Waals surface area (Å²) in [6.07, 6.45) is 3.47. The molecule has 1 atom stereocenters. The molecule has 0 saturated heterocycles. The Labute approximate surface area is 99.7 Å². The second-order valence-electron chi connectivity index (χ2n) is 4.99. The molecule has 16 heavy (non-hydrogen) atoms. The minimum Gasteiger partial charge on any atom is -0.409 e. The van der Waals surface area contributed by atoms with Crippen molar-refractivity contribution < 1.29 is 14.0 Å². The van der Waals surface area contributed by atoms with E-state index < -0.39 is 0 Å². The lowest BCUT2D eigenvalue weighted by Gasteiger charge is -2.35. The lowest BCUT2D eigenvalue weighted by atomic mass is 10.2. The quantitative estimate of drug-likeness (QED) is 0.220. The molecule has 0 fully saturated rings. The van der Waals surface area contributed by atoms with E-state index in [1.807, 2.05) is 6.92 Å². The molecule has 0 aromatic heterocycles. The van der Waals surface area contributed by atoms with Gasteiger partial charge in [0.15, 0.2) is 0 Å². The number of rotatable bonds is 7. The summed E-state index contributed by atoms with van der Waals surface area (Å²) >= 11 is 0. The van der Waals surface area contributed by atoms with Gasteiger partial charge in [0.05, 0.1) is 20.6 Å². The van der Waals surface area contributed by atoms with E-state index in [4.69, 9.17) is 4.74 Å². The summed E-state index contributed by atoms with van der Waals surface area (Å²) in [4.78, 5) is 11.4. The number of carbonyl (C=O) groups is 1. The second-order valence-corrected chi connectivity index (χ2v) is 4.99. The lowest BCUT2D eigenvalue weighted by molar-refractivity contribution is -0.932. The monoisotopic (exact) mass is 228 g/mol. The normalized spacial score (nSPS) is 13.3. The van der Waals surface area contributed by atoms with Crippen molar-refractivity contribution in [1.82, 2.24) is 0 Å².